The number of para-hydroxylation sites is 1. The molecule has 3 rings (SSSR count). The van der Waals surface area contributed by atoms with Gasteiger partial charge in [-0.25, -0.2) is 4.79 Å². The Kier molecular flexibility index (Phi) is 9.70. The van der Waals surface area contributed by atoms with Crippen molar-refractivity contribution in [1.82, 2.24) is 10.2 Å². The van der Waals surface area contributed by atoms with E-state index in [1.165, 1.54) is 0 Å². The van der Waals surface area contributed by atoms with Crippen molar-refractivity contribution in [2.75, 3.05) is 5.32 Å². The number of ether oxygens (including phenoxy) is 1. The highest BCUT2D eigenvalue weighted by Gasteiger charge is 2.49. The van der Waals surface area contributed by atoms with Crippen molar-refractivity contribution in [1.29, 1.82) is 0 Å². The van der Waals surface area contributed by atoms with Gasteiger partial charge in [-0.05, 0) is 94.5 Å². The van der Waals surface area contributed by atoms with Crippen LogP contribution in [0.15, 0.2) is 36.4 Å². The van der Waals surface area contributed by atoms with Crippen molar-refractivity contribution in [2.45, 2.75) is 106 Å². The molecule has 1 saturated carbocycles. The predicted molar refractivity (Wildman–Crippen MR) is 160 cm³/mol. The third-order valence-corrected chi connectivity index (χ3v) is 8.03. The van der Waals surface area contributed by atoms with Gasteiger partial charge in [0.05, 0.1) is 0 Å². The highest BCUT2D eigenvalue weighted by atomic mass is 16.6. The number of nitrogens with zero attached hydrogens (tertiary/aromatic N) is 1. The van der Waals surface area contributed by atoms with Crippen LogP contribution < -0.4 is 10.6 Å². The Morgan fingerprint density at radius 3 is 2.08 bits per heavy atom. The maximum atomic E-state index is 14.5. The van der Waals surface area contributed by atoms with Gasteiger partial charge in [0, 0.05) is 11.7 Å². The molecule has 2 aromatic carbocycles. The fourth-order valence-electron chi connectivity index (χ4n) is 5.14. The van der Waals surface area contributed by atoms with Crippen LogP contribution in [0.1, 0.15) is 88.2 Å². The Bertz CT molecular complexity index is 1230. The summed E-state index contributed by atoms with van der Waals surface area (Å²) in [5.41, 5.74) is 4.76. The molecule has 7 heteroatoms. The summed E-state index contributed by atoms with van der Waals surface area (Å²) in [6.45, 7) is 19.3. The van der Waals surface area contributed by atoms with Crippen LogP contribution in [0.3, 0.4) is 0 Å². The van der Waals surface area contributed by atoms with Crippen LogP contribution in [-0.4, -0.2) is 40.5 Å². The number of benzene rings is 2. The molecule has 0 bridgehead atoms. The van der Waals surface area contributed by atoms with E-state index < -0.39 is 23.8 Å². The smallest absolute Gasteiger partial charge is 0.408 e. The largest absolute Gasteiger partial charge is 0.444 e. The third-order valence-electron chi connectivity index (χ3n) is 8.03. The summed E-state index contributed by atoms with van der Waals surface area (Å²) < 4.78 is 5.52. The van der Waals surface area contributed by atoms with Crippen molar-refractivity contribution in [3.63, 3.8) is 0 Å². The van der Waals surface area contributed by atoms with Crippen molar-refractivity contribution in [2.24, 2.45) is 11.8 Å². The van der Waals surface area contributed by atoms with Crippen molar-refractivity contribution in [3.05, 3.63) is 64.2 Å². The van der Waals surface area contributed by atoms with E-state index in [4.69, 9.17) is 4.74 Å². The van der Waals surface area contributed by atoms with Gasteiger partial charge >= 0.3 is 6.09 Å². The lowest BCUT2D eigenvalue weighted by molar-refractivity contribution is -0.142. The minimum atomic E-state index is -0.867. The van der Waals surface area contributed by atoms with Gasteiger partial charge in [0.15, 0.2) is 0 Å². The lowest BCUT2D eigenvalue weighted by Crippen LogP contribution is -2.55. The molecule has 3 amide bonds. The van der Waals surface area contributed by atoms with Crippen LogP contribution in [0.5, 0.6) is 0 Å². The number of hydrogen-bond donors (Lipinski definition) is 2. The van der Waals surface area contributed by atoms with E-state index in [9.17, 15) is 14.4 Å². The number of carbonyl (C=O) groups excluding carboxylic acids is 3. The van der Waals surface area contributed by atoms with E-state index >= 15 is 0 Å². The molecule has 2 aromatic rings. The second-order valence-corrected chi connectivity index (χ2v) is 12.5. The second kappa shape index (κ2) is 12.4. The summed E-state index contributed by atoms with van der Waals surface area (Å²) in [7, 11) is 0. The quantitative estimate of drug-likeness (QED) is 0.361. The topological polar surface area (TPSA) is 87.7 Å². The summed E-state index contributed by atoms with van der Waals surface area (Å²) in [5.74, 6) is -0.461. The molecule has 0 saturated heterocycles. The first-order chi connectivity index (χ1) is 18.7. The molecule has 218 valence electrons. The normalized spacial score (nSPS) is 18.8. The first-order valence-electron chi connectivity index (χ1n) is 14.4. The molecule has 5 unspecified atom stereocenters. The lowest BCUT2D eigenvalue weighted by atomic mass is 9.92. The Morgan fingerprint density at radius 1 is 1.00 bits per heavy atom. The number of rotatable bonds is 9. The average molecular weight is 550 g/mol. The molecule has 0 spiro atoms. The molecule has 2 N–H and O–H groups in total. The number of nitrogens with one attached hydrogen (secondary N) is 2. The second-order valence-electron chi connectivity index (χ2n) is 12.5. The number of carbonyl (C=O) groups is 3. The number of alkyl carbamates (subject to hydrolysis) is 1. The molecule has 0 radical (unpaired) electrons. The summed E-state index contributed by atoms with van der Waals surface area (Å²) in [6, 6.07) is 9.94. The van der Waals surface area contributed by atoms with E-state index in [1.54, 1.807) is 25.7 Å². The van der Waals surface area contributed by atoms with Gasteiger partial charge in [0.25, 0.3) is 5.91 Å². The molecular formula is C33H47N3O4. The van der Waals surface area contributed by atoms with Gasteiger partial charge in [0.1, 0.15) is 17.7 Å². The van der Waals surface area contributed by atoms with E-state index in [0.29, 0.717) is 6.42 Å². The molecule has 40 heavy (non-hydrogen) atoms. The molecule has 1 aliphatic rings. The first kappa shape index (κ1) is 31.2. The molecular weight excluding hydrogens is 502 g/mol. The maximum absolute atomic E-state index is 14.5. The van der Waals surface area contributed by atoms with Crippen LogP contribution in [0.2, 0.25) is 0 Å². The summed E-state index contributed by atoms with van der Waals surface area (Å²) in [4.78, 5) is 43.5. The monoisotopic (exact) mass is 549 g/mol. The number of anilines is 1. The standard InChI is InChI=1S/C33H47N3O4/c1-11-19(2)28(35-32(39)40-33(8,9)10)31(38)36(26-18-23(26)6)29(25-17-13-14-20(3)24(25)7)30(37)34-27-21(4)15-12-16-22(27)5/h12-17,19,23,26,28-29H,11,18H2,1-10H3,(H,34,37)(H,35,39). The van der Waals surface area contributed by atoms with Crippen LogP contribution in [-0.2, 0) is 14.3 Å². The van der Waals surface area contributed by atoms with E-state index in [1.807, 2.05) is 77.9 Å². The highest BCUT2D eigenvalue weighted by molar-refractivity contribution is 6.00. The predicted octanol–water partition coefficient (Wildman–Crippen LogP) is 6.78. The van der Waals surface area contributed by atoms with Crippen LogP contribution in [0.4, 0.5) is 10.5 Å². The lowest BCUT2D eigenvalue weighted by Gasteiger charge is -2.37. The average Bonchev–Trinajstić information content (AvgIpc) is 3.58. The number of aryl methyl sites for hydroxylation is 3. The zero-order valence-electron chi connectivity index (χ0n) is 25.8. The maximum Gasteiger partial charge on any atom is 0.408 e. The molecule has 7 nitrogen and oxygen atoms in total. The molecule has 1 fully saturated rings. The van der Waals surface area contributed by atoms with Crippen LogP contribution in [0, 0.1) is 39.5 Å². The highest BCUT2D eigenvalue weighted by Crippen LogP contribution is 2.42. The SMILES string of the molecule is CCC(C)C(NC(=O)OC(C)(C)C)C(=O)N(C(C(=O)Nc1c(C)cccc1C)c1cccc(C)c1C)C1CC1C. The minimum Gasteiger partial charge on any atom is -0.444 e. The van der Waals surface area contributed by atoms with Crippen LogP contribution >= 0.6 is 0 Å². The van der Waals surface area contributed by atoms with Gasteiger partial charge in [-0.2, -0.15) is 0 Å². The zero-order chi connectivity index (χ0) is 29.9. The molecule has 0 aromatic heterocycles. The van der Waals surface area contributed by atoms with Crippen molar-refractivity contribution >= 4 is 23.6 Å². The van der Waals surface area contributed by atoms with Crippen molar-refractivity contribution in [3.8, 4) is 0 Å². The van der Waals surface area contributed by atoms with E-state index in [-0.39, 0.29) is 29.7 Å². The number of hydrogen-bond acceptors (Lipinski definition) is 4. The van der Waals surface area contributed by atoms with E-state index in [2.05, 4.69) is 17.6 Å². The Morgan fingerprint density at radius 2 is 1.55 bits per heavy atom. The Labute approximate surface area is 240 Å². The number of amides is 3. The molecule has 1 aliphatic carbocycles. The summed E-state index contributed by atoms with van der Waals surface area (Å²) in [6.07, 6.45) is 0.824. The third kappa shape index (κ3) is 7.23. The van der Waals surface area contributed by atoms with Crippen molar-refractivity contribution < 1.29 is 19.1 Å². The zero-order valence-corrected chi connectivity index (χ0v) is 25.8. The van der Waals surface area contributed by atoms with Gasteiger partial charge < -0.3 is 20.3 Å². The fraction of sp³-hybridized carbons (Fsp3) is 0.545. The van der Waals surface area contributed by atoms with Gasteiger partial charge in [-0.1, -0.05) is 63.6 Å². The minimum absolute atomic E-state index is 0.117. The molecule has 0 aliphatic heterocycles. The summed E-state index contributed by atoms with van der Waals surface area (Å²) >= 11 is 0. The fourth-order valence-corrected chi connectivity index (χ4v) is 5.14. The molecule has 5 atom stereocenters. The van der Waals surface area contributed by atoms with Gasteiger partial charge in [-0.15, -0.1) is 0 Å². The van der Waals surface area contributed by atoms with E-state index in [0.717, 1.165) is 39.9 Å². The van der Waals surface area contributed by atoms with Crippen LogP contribution in [0.25, 0.3) is 0 Å². The Balaban J connectivity index is 2.12. The van der Waals surface area contributed by atoms with Gasteiger partial charge in [0.2, 0.25) is 5.91 Å². The molecule has 0 heterocycles. The first-order valence-corrected chi connectivity index (χ1v) is 14.4. The Hall–Kier alpha value is -3.35. The summed E-state index contributed by atoms with van der Waals surface area (Å²) in [5, 5.41) is 6.02. The van der Waals surface area contributed by atoms with Gasteiger partial charge in [-0.3, -0.25) is 9.59 Å².